The van der Waals surface area contributed by atoms with Crippen LogP contribution < -0.4 is 5.32 Å². The number of nitrogens with zero attached hydrogens (tertiary/aromatic N) is 1. The summed E-state index contributed by atoms with van der Waals surface area (Å²) < 4.78 is 1.88. The molecule has 0 unspecified atom stereocenters. The van der Waals surface area contributed by atoms with Gasteiger partial charge in [-0.05, 0) is 34.5 Å². The Hall–Kier alpha value is -2.86. The van der Waals surface area contributed by atoms with Gasteiger partial charge in [0.25, 0.3) is 0 Å². The number of rotatable bonds is 3. The number of anilines is 1. The molecule has 0 radical (unpaired) electrons. The maximum absolute atomic E-state index is 12.1. The standard InChI is InChI=1S/C18H14N2O3S/c21-15-8-13(11-6-7-24-10-11)17-16(19-15)14(18(22)23)9-20(17)12-4-2-1-3-5-12/h1-7,9-10,13H,8H2,(H,19,21)(H,22,23)/t13-/m0/s1. The molecular weight excluding hydrogens is 324 g/mol. The van der Waals surface area contributed by atoms with E-state index in [0.29, 0.717) is 12.1 Å². The van der Waals surface area contributed by atoms with Crippen LogP contribution in [0.15, 0.2) is 53.4 Å². The van der Waals surface area contributed by atoms with Gasteiger partial charge in [0.1, 0.15) is 5.56 Å². The molecule has 0 bridgehead atoms. The lowest BCUT2D eigenvalue weighted by Gasteiger charge is -2.25. The molecule has 24 heavy (non-hydrogen) atoms. The fourth-order valence-corrected chi connectivity index (χ4v) is 3.90. The number of nitrogens with one attached hydrogen (secondary N) is 1. The van der Waals surface area contributed by atoms with Crippen molar-refractivity contribution in [3.05, 3.63) is 70.2 Å². The molecule has 1 amide bonds. The van der Waals surface area contributed by atoms with E-state index in [1.807, 2.05) is 51.7 Å². The van der Waals surface area contributed by atoms with E-state index in [4.69, 9.17) is 0 Å². The van der Waals surface area contributed by atoms with E-state index in [-0.39, 0.29) is 17.4 Å². The van der Waals surface area contributed by atoms with Crippen LogP contribution in [0.25, 0.3) is 5.69 Å². The maximum Gasteiger partial charge on any atom is 0.339 e. The number of carboxylic acid groups (broad SMARTS) is 1. The minimum atomic E-state index is -1.05. The van der Waals surface area contributed by atoms with Gasteiger partial charge in [-0.3, -0.25) is 4.79 Å². The summed E-state index contributed by atoms with van der Waals surface area (Å²) in [5, 5.41) is 16.3. The maximum atomic E-state index is 12.1. The highest BCUT2D eigenvalue weighted by Crippen LogP contribution is 2.42. The lowest BCUT2D eigenvalue weighted by atomic mass is 9.90. The predicted molar refractivity (Wildman–Crippen MR) is 92.1 cm³/mol. The van der Waals surface area contributed by atoms with Crippen LogP contribution in [0.4, 0.5) is 5.69 Å². The highest BCUT2D eigenvalue weighted by molar-refractivity contribution is 7.08. The molecule has 1 aromatic carbocycles. The van der Waals surface area contributed by atoms with E-state index >= 15 is 0 Å². The monoisotopic (exact) mass is 338 g/mol. The summed E-state index contributed by atoms with van der Waals surface area (Å²) in [7, 11) is 0. The first-order chi connectivity index (χ1) is 11.6. The number of aromatic carboxylic acids is 1. The van der Waals surface area contributed by atoms with E-state index < -0.39 is 5.97 Å². The van der Waals surface area contributed by atoms with Crippen LogP contribution in [0.1, 0.15) is 34.0 Å². The first-order valence-electron chi connectivity index (χ1n) is 7.51. The first-order valence-corrected chi connectivity index (χ1v) is 8.45. The Morgan fingerprint density at radius 1 is 1.25 bits per heavy atom. The third-order valence-corrected chi connectivity index (χ3v) is 4.94. The number of hydrogen-bond acceptors (Lipinski definition) is 3. The van der Waals surface area contributed by atoms with E-state index in [2.05, 4.69) is 5.32 Å². The zero-order chi connectivity index (χ0) is 16.7. The molecule has 120 valence electrons. The average Bonchev–Trinajstić information content (AvgIpc) is 3.22. The van der Waals surface area contributed by atoms with Crippen LogP contribution in [-0.4, -0.2) is 21.6 Å². The Kier molecular flexibility index (Phi) is 3.46. The molecule has 3 heterocycles. The zero-order valence-electron chi connectivity index (χ0n) is 12.6. The second-order valence-corrected chi connectivity index (χ2v) is 6.46. The van der Waals surface area contributed by atoms with Crippen molar-refractivity contribution < 1.29 is 14.7 Å². The number of benzene rings is 1. The highest BCUT2D eigenvalue weighted by Gasteiger charge is 2.34. The molecule has 6 heteroatoms. The molecule has 0 saturated carbocycles. The smallest absolute Gasteiger partial charge is 0.339 e. The van der Waals surface area contributed by atoms with Crippen molar-refractivity contribution in [2.24, 2.45) is 0 Å². The van der Waals surface area contributed by atoms with Gasteiger partial charge in [-0.2, -0.15) is 11.3 Å². The molecule has 0 fully saturated rings. The lowest BCUT2D eigenvalue weighted by molar-refractivity contribution is -0.116. The number of thiophene rings is 1. The quantitative estimate of drug-likeness (QED) is 0.765. The van der Waals surface area contributed by atoms with Crippen molar-refractivity contribution in [3.63, 3.8) is 0 Å². The number of fused-ring (bicyclic) bond motifs is 1. The van der Waals surface area contributed by atoms with Crippen LogP contribution in [0.5, 0.6) is 0 Å². The molecular formula is C18H14N2O3S. The van der Waals surface area contributed by atoms with Gasteiger partial charge in [0.15, 0.2) is 0 Å². The summed E-state index contributed by atoms with van der Waals surface area (Å²) in [6.07, 6.45) is 1.90. The third kappa shape index (κ3) is 2.32. The topological polar surface area (TPSA) is 71.3 Å². The van der Waals surface area contributed by atoms with Crippen LogP contribution in [0.3, 0.4) is 0 Å². The largest absolute Gasteiger partial charge is 0.478 e. The van der Waals surface area contributed by atoms with Crippen LogP contribution in [-0.2, 0) is 4.79 Å². The van der Waals surface area contributed by atoms with Crippen LogP contribution in [0.2, 0.25) is 0 Å². The van der Waals surface area contributed by atoms with Crippen molar-refractivity contribution >= 4 is 28.9 Å². The van der Waals surface area contributed by atoms with Crippen molar-refractivity contribution in [1.82, 2.24) is 4.57 Å². The van der Waals surface area contributed by atoms with E-state index in [1.54, 1.807) is 17.5 Å². The molecule has 2 aromatic heterocycles. The molecule has 4 rings (SSSR count). The minimum absolute atomic E-state index is 0.113. The number of hydrogen-bond donors (Lipinski definition) is 2. The minimum Gasteiger partial charge on any atom is -0.478 e. The van der Waals surface area contributed by atoms with E-state index in [9.17, 15) is 14.7 Å². The Morgan fingerprint density at radius 3 is 2.71 bits per heavy atom. The number of carbonyl (C=O) groups excluding carboxylic acids is 1. The number of aromatic nitrogens is 1. The Labute approximate surface area is 142 Å². The molecule has 5 nitrogen and oxygen atoms in total. The van der Waals surface area contributed by atoms with E-state index in [1.165, 1.54) is 0 Å². The van der Waals surface area contributed by atoms with Gasteiger partial charge in [-0.25, -0.2) is 4.79 Å². The molecule has 0 aliphatic carbocycles. The van der Waals surface area contributed by atoms with E-state index in [0.717, 1.165) is 16.9 Å². The molecule has 2 N–H and O–H groups in total. The molecule has 3 aromatic rings. The summed E-state index contributed by atoms with van der Waals surface area (Å²) in [5.41, 5.74) is 3.23. The van der Waals surface area contributed by atoms with Gasteiger partial charge in [0.2, 0.25) is 5.91 Å². The van der Waals surface area contributed by atoms with Crippen LogP contribution >= 0.6 is 11.3 Å². The van der Waals surface area contributed by atoms with Gasteiger partial charge < -0.3 is 15.0 Å². The van der Waals surface area contributed by atoms with Gasteiger partial charge in [0, 0.05) is 24.2 Å². The van der Waals surface area contributed by atoms with Crippen LogP contribution in [0, 0.1) is 0 Å². The Morgan fingerprint density at radius 2 is 2.04 bits per heavy atom. The van der Waals surface area contributed by atoms with Gasteiger partial charge in [0.05, 0.1) is 11.4 Å². The fraction of sp³-hybridized carbons (Fsp3) is 0.111. The fourth-order valence-electron chi connectivity index (χ4n) is 3.18. The predicted octanol–water partition coefficient (Wildman–Crippen LogP) is 3.71. The lowest BCUT2D eigenvalue weighted by Crippen LogP contribution is -2.25. The van der Waals surface area contributed by atoms with Gasteiger partial charge in [-0.1, -0.05) is 18.2 Å². The molecule has 1 atom stereocenters. The number of para-hydroxylation sites is 1. The molecule has 1 aliphatic rings. The van der Waals surface area contributed by atoms with Crippen molar-refractivity contribution in [3.8, 4) is 5.69 Å². The van der Waals surface area contributed by atoms with Gasteiger partial charge >= 0.3 is 5.97 Å². The molecule has 0 saturated heterocycles. The average molecular weight is 338 g/mol. The normalized spacial score (nSPS) is 16.5. The summed E-state index contributed by atoms with van der Waals surface area (Å²) >= 11 is 1.57. The second kappa shape index (κ2) is 5.65. The summed E-state index contributed by atoms with van der Waals surface area (Å²) in [5.74, 6) is -1.37. The number of amides is 1. The zero-order valence-corrected chi connectivity index (χ0v) is 13.4. The molecule has 0 spiro atoms. The second-order valence-electron chi connectivity index (χ2n) is 5.68. The summed E-state index contributed by atoms with van der Waals surface area (Å²) in [6.45, 7) is 0. The van der Waals surface area contributed by atoms with Crippen molar-refractivity contribution in [1.29, 1.82) is 0 Å². The van der Waals surface area contributed by atoms with Crippen molar-refractivity contribution in [2.45, 2.75) is 12.3 Å². The van der Waals surface area contributed by atoms with Crippen molar-refractivity contribution in [2.75, 3.05) is 5.32 Å². The number of carbonyl (C=O) groups is 2. The highest BCUT2D eigenvalue weighted by atomic mass is 32.1. The first kappa shape index (κ1) is 14.7. The number of carboxylic acids is 1. The SMILES string of the molecule is O=C1C[C@@H](c2ccsc2)c2c(c(C(=O)O)cn2-c2ccccc2)N1. The van der Waals surface area contributed by atoms with Gasteiger partial charge in [-0.15, -0.1) is 0 Å². The Bertz CT molecular complexity index is 913. The molecule has 1 aliphatic heterocycles. The summed E-state index contributed by atoms with van der Waals surface area (Å²) in [6, 6.07) is 11.6. The third-order valence-electron chi connectivity index (χ3n) is 4.24. The summed E-state index contributed by atoms with van der Waals surface area (Å²) in [4.78, 5) is 23.8. The Balaban J connectivity index is 1.98.